The minimum absolute atomic E-state index is 0.00732. The molecule has 0 spiro atoms. The van der Waals surface area contributed by atoms with Gasteiger partial charge in [0.15, 0.2) is 0 Å². The van der Waals surface area contributed by atoms with E-state index in [0.29, 0.717) is 24.3 Å². The average Bonchev–Trinajstić information content (AvgIpc) is 2.53. The molecule has 0 unspecified atom stereocenters. The van der Waals surface area contributed by atoms with Crippen molar-refractivity contribution in [2.45, 2.75) is 6.42 Å². The van der Waals surface area contributed by atoms with Crippen LogP contribution in [0.15, 0.2) is 42.6 Å². The molecular weight excluding hydrogens is 269 g/mol. The van der Waals surface area contributed by atoms with Crippen molar-refractivity contribution in [2.75, 3.05) is 18.5 Å². The molecule has 1 aromatic heterocycles. The average molecular weight is 285 g/mol. The molecule has 2 aromatic rings. The lowest BCUT2D eigenvalue weighted by atomic mass is 10.00. The van der Waals surface area contributed by atoms with Gasteiger partial charge in [-0.25, -0.2) is 9.37 Å². The topological polar surface area (TPSA) is 68.9 Å². The second kappa shape index (κ2) is 7.36. The van der Waals surface area contributed by atoms with Crippen molar-refractivity contribution < 1.29 is 9.50 Å². The molecule has 1 aromatic carbocycles. The third-order valence-electron chi connectivity index (χ3n) is 3.16. The molecule has 0 saturated carbocycles. The lowest BCUT2D eigenvalue weighted by molar-refractivity contribution is 0.232. The highest BCUT2D eigenvalue weighted by Crippen LogP contribution is 2.11. The van der Waals surface area contributed by atoms with Crippen LogP contribution in [0.3, 0.4) is 0 Å². The molecule has 2 rings (SSSR count). The molecule has 0 radical (unpaired) electrons. The summed E-state index contributed by atoms with van der Waals surface area (Å²) in [5.41, 5.74) is 1.48. The number of aromatic nitrogens is 1. The van der Waals surface area contributed by atoms with Gasteiger partial charge in [-0.15, -0.1) is 0 Å². The molecule has 1 heterocycles. The molecule has 0 aliphatic carbocycles. The van der Waals surface area contributed by atoms with Crippen molar-refractivity contribution in [3.63, 3.8) is 0 Å². The zero-order valence-corrected chi connectivity index (χ0v) is 11.5. The first-order chi connectivity index (χ1) is 10.2. The fourth-order valence-corrected chi connectivity index (χ4v) is 1.97. The Bertz CT molecular complexity index is 605. The van der Waals surface area contributed by atoms with E-state index < -0.39 is 0 Å². The predicted octanol–water partition coefficient (Wildman–Crippen LogP) is 2.36. The van der Waals surface area contributed by atoms with E-state index in [1.807, 2.05) is 6.07 Å². The zero-order chi connectivity index (χ0) is 15.1. The minimum Gasteiger partial charge on any atom is -0.396 e. The summed E-state index contributed by atoms with van der Waals surface area (Å²) >= 11 is 0. The second-order valence-electron chi connectivity index (χ2n) is 4.80. The van der Waals surface area contributed by atoms with Crippen LogP contribution >= 0.6 is 0 Å². The van der Waals surface area contributed by atoms with Crippen molar-refractivity contribution in [2.24, 2.45) is 5.92 Å². The Balaban J connectivity index is 1.89. The summed E-state index contributed by atoms with van der Waals surface area (Å²) in [7, 11) is 0. The van der Waals surface area contributed by atoms with Gasteiger partial charge in [-0.05, 0) is 36.2 Å². The van der Waals surface area contributed by atoms with E-state index in [2.05, 4.69) is 10.3 Å². The van der Waals surface area contributed by atoms with Crippen LogP contribution in [0, 0.1) is 23.1 Å². The number of pyridine rings is 1. The molecule has 0 aliphatic rings. The summed E-state index contributed by atoms with van der Waals surface area (Å²) in [6, 6.07) is 11.7. The number of anilines is 1. The maximum Gasteiger partial charge on any atom is 0.125 e. The van der Waals surface area contributed by atoms with Crippen molar-refractivity contribution in [1.82, 2.24) is 4.98 Å². The number of benzene rings is 1. The number of hydrogen-bond acceptors (Lipinski definition) is 4. The number of nitriles is 1. The van der Waals surface area contributed by atoms with Crippen molar-refractivity contribution in [3.05, 3.63) is 59.5 Å². The molecule has 0 saturated heterocycles. The normalized spacial score (nSPS) is 11.7. The van der Waals surface area contributed by atoms with E-state index in [-0.39, 0.29) is 18.3 Å². The Labute approximate surface area is 122 Å². The van der Waals surface area contributed by atoms with Gasteiger partial charge in [-0.3, -0.25) is 0 Å². The number of aliphatic hydroxyl groups excluding tert-OH is 1. The minimum atomic E-state index is -0.265. The van der Waals surface area contributed by atoms with E-state index in [0.717, 1.165) is 5.56 Å². The van der Waals surface area contributed by atoms with Crippen LogP contribution < -0.4 is 5.32 Å². The van der Waals surface area contributed by atoms with Gasteiger partial charge in [-0.1, -0.05) is 12.1 Å². The van der Waals surface area contributed by atoms with Gasteiger partial charge in [-0.2, -0.15) is 5.26 Å². The van der Waals surface area contributed by atoms with E-state index in [1.54, 1.807) is 24.3 Å². The second-order valence-corrected chi connectivity index (χ2v) is 4.80. The predicted molar refractivity (Wildman–Crippen MR) is 78.1 cm³/mol. The molecule has 108 valence electrons. The fourth-order valence-electron chi connectivity index (χ4n) is 1.97. The number of aliphatic hydroxyl groups is 1. The molecule has 4 nitrogen and oxygen atoms in total. The molecule has 2 N–H and O–H groups in total. The summed E-state index contributed by atoms with van der Waals surface area (Å²) < 4.78 is 12.8. The zero-order valence-electron chi connectivity index (χ0n) is 11.5. The highest BCUT2D eigenvalue weighted by Gasteiger charge is 2.09. The van der Waals surface area contributed by atoms with Crippen LogP contribution in [0.5, 0.6) is 0 Å². The molecule has 5 heteroatoms. The third kappa shape index (κ3) is 4.55. The maximum absolute atomic E-state index is 12.8. The first kappa shape index (κ1) is 14.9. The molecule has 21 heavy (non-hydrogen) atoms. The van der Waals surface area contributed by atoms with E-state index in [9.17, 15) is 9.50 Å². The smallest absolute Gasteiger partial charge is 0.125 e. The fraction of sp³-hybridized carbons (Fsp3) is 0.250. The van der Waals surface area contributed by atoms with Crippen LogP contribution in [-0.4, -0.2) is 23.2 Å². The monoisotopic (exact) mass is 285 g/mol. The Morgan fingerprint density at radius 1 is 1.24 bits per heavy atom. The van der Waals surface area contributed by atoms with Gasteiger partial charge in [0, 0.05) is 25.3 Å². The summed E-state index contributed by atoms with van der Waals surface area (Å²) in [6.07, 6.45) is 2.15. The summed E-state index contributed by atoms with van der Waals surface area (Å²) in [6.45, 7) is 0.577. The Hall–Kier alpha value is -2.45. The largest absolute Gasteiger partial charge is 0.396 e. The molecular formula is C16H16FN3O. The van der Waals surface area contributed by atoms with Gasteiger partial charge >= 0.3 is 0 Å². The van der Waals surface area contributed by atoms with Gasteiger partial charge in [0.25, 0.3) is 0 Å². The van der Waals surface area contributed by atoms with Crippen molar-refractivity contribution in [1.29, 1.82) is 5.26 Å². The van der Waals surface area contributed by atoms with Crippen LogP contribution in [0.4, 0.5) is 10.2 Å². The first-order valence-electron chi connectivity index (χ1n) is 6.66. The van der Waals surface area contributed by atoms with Gasteiger partial charge in [0.1, 0.15) is 17.7 Å². The summed E-state index contributed by atoms with van der Waals surface area (Å²) in [5.74, 6) is 0.402. The molecule has 0 bridgehead atoms. The maximum atomic E-state index is 12.8. The Morgan fingerprint density at radius 3 is 2.57 bits per heavy atom. The van der Waals surface area contributed by atoms with Gasteiger partial charge in [0.2, 0.25) is 0 Å². The van der Waals surface area contributed by atoms with Crippen LogP contribution in [0.25, 0.3) is 0 Å². The SMILES string of the molecule is N#Cc1ccc(NC[C@@H](CO)Cc2ccc(F)cc2)nc1. The lowest BCUT2D eigenvalue weighted by Gasteiger charge is -2.15. The van der Waals surface area contributed by atoms with Crippen molar-refractivity contribution in [3.8, 4) is 6.07 Å². The number of nitrogens with one attached hydrogen (secondary N) is 1. The van der Waals surface area contributed by atoms with E-state index >= 15 is 0 Å². The molecule has 0 aliphatic heterocycles. The Morgan fingerprint density at radius 2 is 2.00 bits per heavy atom. The highest BCUT2D eigenvalue weighted by atomic mass is 19.1. The van der Waals surface area contributed by atoms with Crippen molar-refractivity contribution >= 4 is 5.82 Å². The third-order valence-corrected chi connectivity index (χ3v) is 3.16. The lowest BCUT2D eigenvalue weighted by Crippen LogP contribution is -2.20. The molecule has 1 atom stereocenters. The van der Waals surface area contributed by atoms with E-state index in [4.69, 9.17) is 5.26 Å². The van der Waals surface area contributed by atoms with Crippen LogP contribution in [0.2, 0.25) is 0 Å². The number of nitrogens with zero attached hydrogens (tertiary/aromatic N) is 2. The van der Waals surface area contributed by atoms with Gasteiger partial charge in [0.05, 0.1) is 5.56 Å². The summed E-state index contributed by atoms with van der Waals surface area (Å²) in [5, 5.41) is 21.2. The molecule has 0 fully saturated rings. The van der Waals surface area contributed by atoms with E-state index in [1.165, 1.54) is 18.3 Å². The quantitative estimate of drug-likeness (QED) is 0.855. The first-order valence-corrected chi connectivity index (χ1v) is 6.66. The molecule has 0 amide bonds. The Kier molecular flexibility index (Phi) is 5.24. The van der Waals surface area contributed by atoms with Crippen LogP contribution in [-0.2, 0) is 6.42 Å². The summed E-state index contributed by atoms with van der Waals surface area (Å²) in [4.78, 5) is 4.11. The number of rotatable bonds is 6. The van der Waals surface area contributed by atoms with Gasteiger partial charge < -0.3 is 10.4 Å². The standard InChI is InChI=1S/C16H16FN3O/c17-15-4-1-12(2-5-15)7-14(11-21)10-20-16-6-3-13(8-18)9-19-16/h1-6,9,14,21H,7,10-11H2,(H,19,20)/t14-/m0/s1. The number of hydrogen-bond donors (Lipinski definition) is 2. The number of halogens is 1. The highest BCUT2D eigenvalue weighted by molar-refractivity contribution is 5.39. The van der Waals surface area contributed by atoms with Crippen LogP contribution in [0.1, 0.15) is 11.1 Å².